The minimum atomic E-state index is -0.472. The van der Waals surface area contributed by atoms with E-state index in [1.807, 2.05) is 30.3 Å². The lowest BCUT2D eigenvalue weighted by molar-refractivity contribution is -0.141. The molecule has 164 valence electrons. The van der Waals surface area contributed by atoms with E-state index < -0.39 is 6.09 Å². The first-order valence-corrected chi connectivity index (χ1v) is 9.54. The summed E-state index contributed by atoms with van der Waals surface area (Å²) in [6.45, 7) is 3.94. The van der Waals surface area contributed by atoms with Gasteiger partial charge in [0, 0.05) is 6.54 Å². The molecule has 0 aliphatic carbocycles. The number of esters is 1. The number of benzene rings is 1. The molecular formula is C20H31NO8. The summed E-state index contributed by atoms with van der Waals surface area (Å²) in [4.78, 5) is 22.4. The summed E-state index contributed by atoms with van der Waals surface area (Å²) in [5.41, 5.74) is 0.936. The molecule has 0 fully saturated rings. The highest BCUT2D eigenvalue weighted by molar-refractivity contribution is 5.69. The number of carbonyl (C=O) groups is 2. The first-order valence-electron chi connectivity index (χ1n) is 9.54. The van der Waals surface area contributed by atoms with Crippen LogP contribution in [0.2, 0.25) is 0 Å². The topological polar surface area (TPSA) is 102 Å². The molecule has 0 unspecified atom stereocenters. The molecule has 9 heteroatoms. The van der Waals surface area contributed by atoms with Crippen molar-refractivity contribution < 1.29 is 38.0 Å². The zero-order chi connectivity index (χ0) is 21.0. The van der Waals surface area contributed by atoms with Gasteiger partial charge in [0.15, 0.2) is 0 Å². The number of amides is 1. The van der Waals surface area contributed by atoms with Crippen molar-refractivity contribution in [3.05, 3.63) is 35.9 Å². The molecule has 0 aliphatic heterocycles. The number of alkyl carbamates (subject to hydrolysis) is 1. The van der Waals surface area contributed by atoms with Crippen molar-refractivity contribution in [3.63, 3.8) is 0 Å². The third-order valence-electron chi connectivity index (χ3n) is 3.52. The molecule has 1 rings (SSSR count). The number of hydrogen-bond acceptors (Lipinski definition) is 8. The van der Waals surface area contributed by atoms with Crippen molar-refractivity contribution in [2.45, 2.75) is 13.0 Å². The van der Waals surface area contributed by atoms with Gasteiger partial charge < -0.3 is 33.7 Å². The largest absolute Gasteiger partial charge is 0.469 e. The number of rotatable bonds is 17. The first-order chi connectivity index (χ1) is 14.2. The van der Waals surface area contributed by atoms with E-state index in [0.29, 0.717) is 59.4 Å². The van der Waals surface area contributed by atoms with Crippen LogP contribution < -0.4 is 5.32 Å². The zero-order valence-electron chi connectivity index (χ0n) is 16.9. The maximum Gasteiger partial charge on any atom is 0.407 e. The minimum absolute atomic E-state index is 0.239. The van der Waals surface area contributed by atoms with Gasteiger partial charge in [-0.15, -0.1) is 0 Å². The predicted molar refractivity (Wildman–Crippen MR) is 105 cm³/mol. The normalized spacial score (nSPS) is 10.5. The van der Waals surface area contributed by atoms with Crippen molar-refractivity contribution in [3.8, 4) is 0 Å². The van der Waals surface area contributed by atoms with Gasteiger partial charge in [0.05, 0.1) is 66.4 Å². The molecule has 0 heterocycles. The molecule has 0 saturated heterocycles. The van der Waals surface area contributed by atoms with Crippen LogP contribution in [0.4, 0.5) is 4.79 Å². The smallest absolute Gasteiger partial charge is 0.407 e. The molecular weight excluding hydrogens is 382 g/mol. The Morgan fingerprint density at radius 2 is 1.34 bits per heavy atom. The van der Waals surface area contributed by atoms with Gasteiger partial charge in [-0.05, 0) is 5.56 Å². The van der Waals surface area contributed by atoms with Crippen LogP contribution >= 0.6 is 0 Å². The van der Waals surface area contributed by atoms with Gasteiger partial charge in [-0.25, -0.2) is 4.79 Å². The Bertz CT molecular complexity index is 541. The van der Waals surface area contributed by atoms with E-state index in [1.165, 1.54) is 7.11 Å². The van der Waals surface area contributed by atoms with E-state index in [1.54, 1.807) is 0 Å². The molecule has 9 nitrogen and oxygen atoms in total. The number of hydrogen-bond donors (Lipinski definition) is 1. The van der Waals surface area contributed by atoms with E-state index in [4.69, 9.17) is 23.7 Å². The Morgan fingerprint density at radius 3 is 1.93 bits per heavy atom. The maximum absolute atomic E-state index is 11.5. The third kappa shape index (κ3) is 15.4. The SMILES string of the molecule is COC(=O)CCOCCOCCOCCOCCNC(=O)OCc1ccccc1. The number of carbonyl (C=O) groups excluding carboxylic acids is 2. The Morgan fingerprint density at radius 1 is 0.793 bits per heavy atom. The Hall–Kier alpha value is -2.20. The van der Waals surface area contributed by atoms with E-state index in [0.717, 1.165) is 5.56 Å². The van der Waals surface area contributed by atoms with Crippen LogP contribution in [0.25, 0.3) is 0 Å². The van der Waals surface area contributed by atoms with Gasteiger partial charge in [0.2, 0.25) is 0 Å². The Labute approximate surface area is 171 Å². The van der Waals surface area contributed by atoms with Gasteiger partial charge in [-0.2, -0.15) is 0 Å². The number of methoxy groups -OCH3 is 1. The second kappa shape index (κ2) is 17.9. The fraction of sp³-hybridized carbons (Fsp3) is 0.600. The average molecular weight is 413 g/mol. The fourth-order valence-corrected chi connectivity index (χ4v) is 2.02. The molecule has 0 saturated carbocycles. The fourth-order valence-electron chi connectivity index (χ4n) is 2.02. The summed E-state index contributed by atoms with van der Waals surface area (Å²) >= 11 is 0. The lowest BCUT2D eigenvalue weighted by atomic mass is 10.2. The van der Waals surface area contributed by atoms with Crippen molar-refractivity contribution in [2.24, 2.45) is 0 Å². The molecule has 0 aliphatic rings. The first kappa shape index (κ1) is 24.8. The standard InChI is InChI=1S/C20H31NO8/c1-24-19(22)7-9-25-11-13-27-15-16-28-14-12-26-10-8-21-20(23)29-17-18-5-3-2-4-6-18/h2-6H,7-17H2,1H3,(H,21,23). The highest BCUT2D eigenvalue weighted by atomic mass is 16.6. The van der Waals surface area contributed by atoms with Gasteiger partial charge >= 0.3 is 12.1 Å². The summed E-state index contributed by atoms with van der Waals surface area (Å²) in [7, 11) is 1.34. The van der Waals surface area contributed by atoms with Crippen molar-refractivity contribution in [1.29, 1.82) is 0 Å². The van der Waals surface area contributed by atoms with Gasteiger partial charge in [0.25, 0.3) is 0 Å². The van der Waals surface area contributed by atoms with E-state index >= 15 is 0 Å². The summed E-state index contributed by atoms with van der Waals surface area (Å²) in [5, 5.41) is 2.62. The molecule has 1 aromatic carbocycles. The van der Waals surface area contributed by atoms with E-state index in [-0.39, 0.29) is 19.0 Å². The van der Waals surface area contributed by atoms with Gasteiger partial charge in [0.1, 0.15) is 6.61 Å². The lowest BCUT2D eigenvalue weighted by Gasteiger charge is -2.08. The monoisotopic (exact) mass is 413 g/mol. The molecule has 29 heavy (non-hydrogen) atoms. The van der Waals surface area contributed by atoms with Crippen LogP contribution in [0.5, 0.6) is 0 Å². The summed E-state index contributed by atoms with van der Waals surface area (Å²) in [6, 6.07) is 9.47. The van der Waals surface area contributed by atoms with Gasteiger partial charge in [-0.1, -0.05) is 30.3 Å². The second-order valence-corrected chi connectivity index (χ2v) is 5.76. The molecule has 0 radical (unpaired) electrons. The number of ether oxygens (including phenoxy) is 6. The van der Waals surface area contributed by atoms with Crippen molar-refractivity contribution in [2.75, 3.05) is 66.5 Å². The molecule has 1 amide bonds. The lowest BCUT2D eigenvalue weighted by Crippen LogP contribution is -2.28. The van der Waals surface area contributed by atoms with Crippen molar-refractivity contribution in [1.82, 2.24) is 5.32 Å². The third-order valence-corrected chi connectivity index (χ3v) is 3.52. The minimum Gasteiger partial charge on any atom is -0.469 e. The van der Waals surface area contributed by atoms with Crippen LogP contribution in [0.1, 0.15) is 12.0 Å². The quantitative estimate of drug-likeness (QED) is 0.303. The second-order valence-electron chi connectivity index (χ2n) is 5.76. The predicted octanol–water partition coefficient (Wildman–Crippen LogP) is 1.54. The molecule has 1 N–H and O–H groups in total. The number of nitrogens with one attached hydrogen (secondary N) is 1. The maximum atomic E-state index is 11.5. The molecule has 1 aromatic rings. The van der Waals surface area contributed by atoms with Crippen LogP contribution in [0, 0.1) is 0 Å². The van der Waals surface area contributed by atoms with E-state index in [9.17, 15) is 9.59 Å². The molecule has 0 bridgehead atoms. The summed E-state index contributed by atoms with van der Waals surface area (Å²) in [6.07, 6.45) is -0.232. The van der Waals surface area contributed by atoms with Crippen LogP contribution in [-0.4, -0.2) is 78.6 Å². The molecule has 0 atom stereocenters. The Balaban J connectivity index is 1.76. The van der Waals surface area contributed by atoms with Gasteiger partial charge in [-0.3, -0.25) is 4.79 Å². The average Bonchev–Trinajstić information content (AvgIpc) is 2.75. The summed E-state index contributed by atoms with van der Waals surface area (Å²) in [5.74, 6) is -0.291. The van der Waals surface area contributed by atoms with Crippen LogP contribution in [0.3, 0.4) is 0 Å². The Kier molecular flexibility index (Phi) is 15.3. The zero-order valence-corrected chi connectivity index (χ0v) is 16.9. The summed E-state index contributed by atoms with van der Waals surface area (Å²) < 4.78 is 30.8. The van der Waals surface area contributed by atoms with E-state index in [2.05, 4.69) is 10.1 Å². The molecule has 0 spiro atoms. The van der Waals surface area contributed by atoms with Crippen molar-refractivity contribution >= 4 is 12.1 Å². The van der Waals surface area contributed by atoms with Crippen LogP contribution in [-0.2, 0) is 39.8 Å². The highest BCUT2D eigenvalue weighted by Crippen LogP contribution is 2.00. The molecule has 0 aromatic heterocycles. The van der Waals surface area contributed by atoms with Crippen LogP contribution in [0.15, 0.2) is 30.3 Å². The highest BCUT2D eigenvalue weighted by Gasteiger charge is 2.02.